The summed E-state index contributed by atoms with van der Waals surface area (Å²) in [7, 11) is -4.02. The van der Waals surface area contributed by atoms with Gasteiger partial charge in [-0.2, -0.15) is 4.31 Å². The molecule has 9 heteroatoms. The van der Waals surface area contributed by atoms with E-state index in [1.54, 1.807) is 49.4 Å². The Labute approximate surface area is 204 Å². The van der Waals surface area contributed by atoms with Gasteiger partial charge in [0.15, 0.2) is 0 Å². The molecule has 1 aliphatic heterocycles. The van der Waals surface area contributed by atoms with Crippen LogP contribution in [0.2, 0.25) is 0 Å². The average molecular weight is 496 g/mol. The van der Waals surface area contributed by atoms with Crippen molar-refractivity contribution in [2.45, 2.75) is 30.8 Å². The van der Waals surface area contributed by atoms with Gasteiger partial charge in [0.25, 0.3) is 0 Å². The summed E-state index contributed by atoms with van der Waals surface area (Å²) in [5.41, 5.74) is 0.441. The van der Waals surface area contributed by atoms with E-state index in [1.165, 1.54) is 29.2 Å². The normalized spacial score (nSPS) is 18.9. The summed E-state index contributed by atoms with van der Waals surface area (Å²) in [4.78, 5) is 28.5. The third-order valence-electron chi connectivity index (χ3n) is 6.13. The van der Waals surface area contributed by atoms with Crippen LogP contribution in [0.15, 0.2) is 83.8 Å². The number of piperazine rings is 1. The Bertz CT molecular complexity index is 1350. The van der Waals surface area contributed by atoms with Crippen LogP contribution in [0.1, 0.15) is 18.1 Å². The van der Waals surface area contributed by atoms with Gasteiger partial charge < -0.3 is 5.32 Å². The molecule has 1 saturated heterocycles. The Hall–Kier alpha value is -3.56. The van der Waals surface area contributed by atoms with E-state index in [-0.39, 0.29) is 18.0 Å². The zero-order valence-corrected chi connectivity index (χ0v) is 20.3. The van der Waals surface area contributed by atoms with Crippen molar-refractivity contribution >= 4 is 27.5 Å². The number of aryl methyl sites for hydroxylation is 1. The van der Waals surface area contributed by atoms with Crippen LogP contribution in [0.5, 0.6) is 0 Å². The van der Waals surface area contributed by atoms with Crippen LogP contribution in [-0.4, -0.2) is 43.2 Å². The van der Waals surface area contributed by atoms with Crippen molar-refractivity contribution in [1.29, 1.82) is 0 Å². The molecule has 0 unspecified atom stereocenters. The highest BCUT2D eigenvalue weighted by Crippen LogP contribution is 2.34. The summed E-state index contributed by atoms with van der Waals surface area (Å²) >= 11 is 0. The van der Waals surface area contributed by atoms with Gasteiger partial charge in [0, 0.05) is 18.8 Å². The molecular weight excluding hydrogens is 469 g/mol. The molecule has 7 nitrogen and oxygen atoms in total. The molecular formula is C26H26FN3O4S. The van der Waals surface area contributed by atoms with Gasteiger partial charge in [0.1, 0.15) is 11.4 Å². The van der Waals surface area contributed by atoms with E-state index in [4.69, 9.17) is 0 Å². The Kier molecular flexibility index (Phi) is 6.73. The van der Waals surface area contributed by atoms with Crippen molar-refractivity contribution in [3.8, 4) is 0 Å². The number of amides is 2. The SMILES string of the molecule is Cc1ccccc1N1C(=O)CN(S(=O)(=O)c2ccccc2)C[C@]1(C)C(=O)NCc1ccc(F)cc1. The fraction of sp³-hybridized carbons (Fsp3) is 0.231. The van der Waals surface area contributed by atoms with Crippen molar-refractivity contribution in [3.05, 3.63) is 95.8 Å². The number of hydrogen-bond acceptors (Lipinski definition) is 4. The first-order valence-electron chi connectivity index (χ1n) is 11.1. The smallest absolute Gasteiger partial charge is 0.247 e. The van der Waals surface area contributed by atoms with Crippen LogP contribution in [-0.2, 0) is 26.2 Å². The van der Waals surface area contributed by atoms with Crippen LogP contribution >= 0.6 is 0 Å². The molecule has 182 valence electrons. The van der Waals surface area contributed by atoms with Crippen LogP contribution in [0.25, 0.3) is 0 Å². The summed E-state index contributed by atoms with van der Waals surface area (Å²) in [6.45, 7) is 2.85. The second-order valence-corrected chi connectivity index (χ2v) is 10.6. The van der Waals surface area contributed by atoms with Crippen molar-refractivity contribution < 1.29 is 22.4 Å². The molecule has 35 heavy (non-hydrogen) atoms. The molecule has 0 spiro atoms. The third-order valence-corrected chi connectivity index (χ3v) is 7.94. The fourth-order valence-corrected chi connectivity index (χ4v) is 5.74. The first-order valence-corrected chi connectivity index (χ1v) is 12.5. The molecule has 1 aliphatic rings. The first kappa shape index (κ1) is 24.6. The largest absolute Gasteiger partial charge is 0.350 e. The van der Waals surface area contributed by atoms with E-state index in [2.05, 4.69) is 5.32 Å². The summed E-state index contributed by atoms with van der Waals surface area (Å²) in [5.74, 6) is -1.42. The number of hydrogen-bond donors (Lipinski definition) is 1. The zero-order chi connectivity index (χ0) is 25.2. The lowest BCUT2D eigenvalue weighted by atomic mass is 9.93. The summed E-state index contributed by atoms with van der Waals surface area (Å²) in [6, 6.07) is 20.7. The highest BCUT2D eigenvalue weighted by atomic mass is 32.2. The second kappa shape index (κ2) is 9.59. The van der Waals surface area contributed by atoms with E-state index in [1.807, 2.05) is 19.1 Å². The van der Waals surface area contributed by atoms with Gasteiger partial charge in [-0.15, -0.1) is 0 Å². The minimum Gasteiger partial charge on any atom is -0.350 e. The predicted molar refractivity (Wildman–Crippen MR) is 131 cm³/mol. The molecule has 0 bridgehead atoms. The predicted octanol–water partition coefficient (Wildman–Crippen LogP) is 3.25. The average Bonchev–Trinajstić information content (AvgIpc) is 2.84. The van der Waals surface area contributed by atoms with Crippen LogP contribution < -0.4 is 10.2 Å². The van der Waals surface area contributed by atoms with Crippen LogP contribution in [0, 0.1) is 12.7 Å². The topological polar surface area (TPSA) is 86.8 Å². The number of sulfonamides is 1. The molecule has 0 saturated carbocycles. The van der Waals surface area contributed by atoms with Crippen molar-refractivity contribution in [2.75, 3.05) is 18.0 Å². The maximum absolute atomic E-state index is 13.6. The number of carbonyl (C=O) groups is 2. The summed E-state index contributed by atoms with van der Waals surface area (Å²) in [6.07, 6.45) is 0. The number of anilines is 1. The molecule has 3 aromatic rings. The van der Waals surface area contributed by atoms with Crippen molar-refractivity contribution in [1.82, 2.24) is 9.62 Å². The Morgan fingerprint density at radius 2 is 1.63 bits per heavy atom. The van der Waals surface area contributed by atoms with Gasteiger partial charge in [-0.05, 0) is 55.3 Å². The number of nitrogens with one attached hydrogen (secondary N) is 1. The molecule has 1 atom stereocenters. The standard InChI is InChI=1S/C26H26FN3O4S/c1-19-8-6-7-11-23(19)30-24(31)17-29(35(33,34)22-9-4-3-5-10-22)18-26(30,2)25(32)28-16-20-12-14-21(27)15-13-20/h3-15H,16-18H2,1-2H3,(H,28,32)/t26-/m1/s1. The third kappa shape index (κ3) is 4.82. The van der Waals surface area contributed by atoms with E-state index in [0.29, 0.717) is 11.3 Å². The molecule has 1 heterocycles. The van der Waals surface area contributed by atoms with Gasteiger partial charge in [-0.25, -0.2) is 12.8 Å². The van der Waals surface area contributed by atoms with Gasteiger partial charge in [-0.3, -0.25) is 14.5 Å². The van der Waals surface area contributed by atoms with E-state index < -0.39 is 39.7 Å². The number of carbonyl (C=O) groups excluding carboxylic acids is 2. The number of nitrogens with zero attached hydrogens (tertiary/aromatic N) is 2. The van der Waals surface area contributed by atoms with Gasteiger partial charge in [-0.1, -0.05) is 48.5 Å². The van der Waals surface area contributed by atoms with Gasteiger partial charge >= 0.3 is 0 Å². The number of rotatable bonds is 6. The lowest BCUT2D eigenvalue weighted by Gasteiger charge is -2.47. The lowest BCUT2D eigenvalue weighted by molar-refractivity contribution is -0.133. The molecule has 0 radical (unpaired) electrons. The Balaban J connectivity index is 1.71. The molecule has 3 aromatic carbocycles. The van der Waals surface area contributed by atoms with E-state index >= 15 is 0 Å². The molecule has 0 aliphatic carbocycles. The van der Waals surface area contributed by atoms with E-state index in [9.17, 15) is 22.4 Å². The quantitative estimate of drug-likeness (QED) is 0.569. The highest BCUT2D eigenvalue weighted by molar-refractivity contribution is 7.89. The minimum absolute atomic E-state index is 0.0474. The maximum Gasteiger partial charge on any atom is 0.247 e. The molecule has 1 N–H and O–H groups in total. The Morgan fingerprint density at radius 1 is 1.00 bits per heavy atom. The van der Waals surface area contributed by atoms with Crippen molar-refractivity contribution in [2.24, 2.45) is 0 Å². The molecule has 1 fully saturated rings. The maximum atomic E-state index is 13.6. The van der Waals surface area contributed by atoms with Gasteiger partial charge in [0.2, 0.25) is 21.8 Å². The minimum atomic E-state index is -4.02. The summed E-state index contributed by atoms with van der Waals surface area (Å²) in [5, 5.41) is 2.80. The Morgan fingerprint density at radius 3 is 2.29 bits per heavy atom. The number of para-hydroxylation sites is 1. The first-order chi connectivity index (χ1) is 16.6. The zero-order valence-electron chi connectivity index (χ0n) is 19.4. The fourth-order valence-electron chi connectivity index (χ4n) is 4.24. The van der Waals surface area contributed by atoms with Crippen LogP contribution in [0.4, 0.5) is 10.1 Å². The van der Waals surface area contributed by atoms with E-state index in [0.717, 1.165) is 9.87 Å². The second-order valence-electron chi connectivity index (χ2n) is 8.68. The molecule has 2 amide bonds. The summed E-state index contributed by atoms with van der Waals surface area (Å²) < 4.78 is 41.0. The number of halogens is 1. The lowest BCUT2D eigenvalue weighted by Crippen LogP contribution is -2.70. The highest BCUT2D eigenvalue weighted by Gasteiger charge is 2.51. The molecule has 4 rings (SSSR count). The number of benzene rings is 3. The van der Waals surface area contributed by atoms with Gasteiger partial charge in [0.05, 0.1) is 11.4 Å². The van der Waals surface area contributed by atoms with Crippen molar-refractivity contribution in [3.63, 3.8) is 0 Å². The van der Waals surface area contributed by atoms with Crippen LogP contribution in [0.3, 0.4) is 0 Å². The monoisotopic (exact) mass is 495 g/mol. The molecule has 0 aromatic heterocycles.